The highest BCUT2D eigenvalue weighted by molar-refractivity contribution is 6.07. The molecular formula is C20H24O8. The Labute approximate surface area is 162 Å². The molecule has 1 aromatic carbocycles. The number of hydrogen-bond donors (Lipinski definition) is 2. The number of Topliss-reactive ketones (excluding diaryl/α,β-unsaturated/α-hetero) is 1. The predicted molar refractivity (Wildman–Crippen MR) is 99.7 cm³/mol. The van der Waals surface area contributed by atoms with Crippen molar-refractivity contribution in [3.63, 3.8) is 0 Å². The van der Waals surface area contributed by atoms with Crippen LogP contribution in [0.15, 0.2) is 30.9 Å². The molecule has 152 valence electrons. The number of hydrogen-bond acceptors (Lipinski definition) is 6. The van der Waals surface area contributed by atoms with Crippen molar-refractivity contribution in [2.75, 3.05) is 6.61 Å². The van der Waals surface area contributed by atoms with Gasteiger partial charge in [0.15, 0.2) is 5.78 Å². The Bertz CT molecular complexity index is 782. The highest BCUT2D eigenvalue weighted by Crippen LogP contribution is 2.24. The van der Waals surface area contributed by atoms with Crippen LogP contribution in [0.5, 0.6) is 0 Å². The first kappa shape index (κ1) is 23.0. The van der Waals surface area contributed by atoms with E-state index in [1.54, 1.807) is 20.8 Å². The summed E-state index contributed by atoms with van der Waals surface area (Å²) in [5.74, 6) is -3.86. The van der Waals surface area contributed by atoms with Crippen LogP contribution in [0.25, 0.3) is 0 Å². The average Bonchev–Trinajstić information content (AvgIpc) is 2.66. The summed E-state index contributed by atoms with van der Waals surface area (Å²) >= 11 is 0. The van der Waals surface area contributed by atoms with Gasteiger partial charge in [-0.05, 0) is 32.4 Å². The van der Waals surface area contributed by atoms with Gasteiger partial charge in [-0.15, -0.1) is 0 Å². The summed E-state index contributed by atoms with van der Waals surface area (Å²) < 4.78 is 10.8. The molecular weight excluding hydrogens is 368 g/mol. The van der Waals surface area contributed by atoms with Crippen LogP contribution in [0.2, 0.25) is 0 Å². The third-order valence-electron chi connectivity index (χ3n) is 4.33. The summed E-state index contributed by atoms with van der Waals surface area (Å²) in [4.78, 5) is 46.5. The molecule has 28 heavy (non-hydrogen) atoms. The summed E-state index contributed by atoms with van der Waals surface area (Å²) in [5, 5.41) is 18.3. The van der Waals surface area contributed by atoms with Crippen LogP contribution in [0.1, 0.15) is 64.7 Å². The molecule has 0 heterocycles. The van der Waals surface area contributed by atoms with E-state index in [9.17, 15) is 24.3 Å². The van der Waals surface area contributed by atoms with E-state index >= 15 is 0 Å². The van der Waals surface area contributed by atoms with Crippen molar-refractivity contribution in [3.8, 4) is 0 Å². The molecule has 1 rings (SSSR count). The molecule has 0 aliphatic rings. The molecule has 8 nitrogen and oxygen atoms in total. The van der Waals surface area contributed by atoms with E-state index in [0.29, 0.717) is 12.8 Å². The van der Waals surface area contributed by atoms with Crippen molar-refractivity contribution in [1.29, 1.82) is 0 Å². The van der Waals surface area contributed by atoms with Gasteiger partial charge in [-0.2, -0.15) is 0 Å². The second-order valence-corrected chi connectivity index (χ2v) is 6.37. The monoisotopic (exact) mass is 392 g/mol. The highest BCUT2D eigenvalue weighted by atomic mass is 16.5. The van der Waals surface area contributed by atoms with Crippen molar-refractivity contribution < 1.29 is 38.9 Å². The fraction of sp³-hybridized carbons (Fsp3) is 0.400. The number of aromatic carboxylic acids is 2. The maximum Gasteiger partial charge on any atom is 0.336 e. The number of carboxylic acid groups (broad SMARTS) is 2. The van der Waals surface area contributed by atoms with Crippen molar-refractivity contribution in [3.05, 3.63) is 47.5 Å². The lowest BCUT2D eigenvalue weighted by Crippen LogP contribution is -2.39. The summed E-state index contributed by atoms with van der Waals surface area (Å²) in [6, 6.07) is 3.40. The molecule has 1 unspecified atom stereocenters. The summed E-state index contributed by atoms with van der Waals surface area (Å²) in [7, 11) is 0. The van der Waals surface area contributed by atoms with Gasteiger partial charge in [0.05, 0.1) is 17.7 Å². The summed E-state index contributed by atoms with van der Waals surface area (Å²) in [6.07, 6.45) is 1.27. The van der Waals surface area contributed by atoms with Gasteiger partial charge in [0, 0.05) is 18.1 Å². The molecule has 0 saturated carbocycles. The first-order chi connectivity index (χ1) is 13.1. The maximum absolute atomic E-state index is 12.9. The Balaban J connectivity index is 2.95. The van der Waals surface area contributed by atoms with Crippen LogP contribution in [-0.2, 0) is 14.3 Å². The zero-order chi connectivity index (χ0) is 21.5. The number of carboxylic acids is 2. The molecule has 0 saturated heterocycles. The standard InChI is InChI=1S/C20H24O8/c1-5-16(21)28-12(3)9-10-27-20(4,6-2)17(22)13-7-8-14(18(23)24)15(11-13)19(25)26/h5,7-8,11-12H,1,6,9-10H2,2-4H3,(H,23,24)(H,25,26)/t12?,20-/m0/s1. The first-order valence-corrected chi connectivity index (χ1v) is 8.68. The molecule has 0 aliphatic heterocycles. The Morgan fingerprint density at radius 1 is 1.18 bits per heavy atom. The van der Waals surface area contributed by atoms with Crippen LogP contribution >= 0.6 is 0 Å². The van der Waals surface area contributed by atoms with Gasteiger partial charge < -0.3 is 19.7 Å². The highest BCUT2D eigenvalue weighted by Gasteiger charge is 2.34. The van der Waals surface area contributed by atoms with E-state index in [1.165, 1.54) is 6.07 Å². The topological polar surface area (TPSA) is 127 Å². The van der Waals surface area contributed by atoms with E-state index in [4.69, 9.17) is 14.6 Å². The molecule has 0 aromatic heterocycles. The van der Waals surface area contributed by atoms with Gasteiger partial charge in [-0.25, -0.2) is 14.4 Å². The Morgan fingerprint density at radius 3 is 2.29 bits per heavy atom. The number of carbonyl (C=O) groups excluding carboxylic acids is 2. The number of ketones is 1. The summed E-state index contributed by atoms with van der Waals surface area (Å²) in [5.41, 5.74) is -2.08. The minimum Gasteiger partial charge on any atom is -0.478 e. The molecule has 0 radical (unpaired) electrons. The third-order valence-corrected chi connectivity index (χ3v) is 4.33. The normalized spacial score (nSPS) is 13.8. The van der Waals surface area contributed by atoms with Gasteiger partial charge in [0.25, 0.3) is 0 Å². The van der Waals surface area contributed by atoms with Gasteiger partial charge in [0.1, 0.15) is 11.7 Å². The minimum atomic E-state index is -1.44. The lowest BCUT2D eigenvalue weighted by molar-refractivity contribution is -0.143. The largest absolute Gasteiger partial charge is 0.478 e. The second kappa shape index (κ2) is 9.80. The van der Waals surface area contributed by atoms with Gasteiger partial charge in [0.2, 0.25) is 0 Å². The lowest BCUT2D eigenvalue weighted by atomic mass is 9.90. The van der Waals surface area contributed by atoms with Crippen molar-refractivity contribution in [2.45, 2.75) is 45.3 Å². The number of benzene rings is 1. The Hall–Kier alpha value is -3.00. The zero-order valence-electron chi connectivity index (χ0n) is 16.1. The first-order valence-electron chi connectivity index (χ1n) is 8.68. The van der Waals surface area contributed by atoms with E-state index < -0.39 is 46.5 Å². The van der Waals surface area contributed by atoms with Crippen LogP contribution < -0.4 is 0 Å². The maximum atomic E-state index is 12.9. The van der Waals surface area contributed by atoms with E-state index in [0.717, 1.165) is 18.2 Å². The molecule has 0 aliphatic carbocycles. The number of esters is 1. The molecule has 8 heteroatoms. The van der Waals surface area contributed by atoms with Crippen molar-refractivity contribution >= 4 is 23.7 Å². The Morgan fingerprint density at radius 2 is 1.79 bits per heavy atom. The van der Waals surface area contributed by atoms with Crippen LogP contribution in [0.4, 0.5) is 0 Å². The van der Waals surface area contributed by atoms with Gasteiger partial charge >= 0.3 is 17.9 Å². The van der Waals surface area contributed by atoms with Crippen LogP contribution in [-0.4, -0.2) is 52.2 Å². The Kier molecular flexibility index (Phi) is 8.06. The minimum absolute atomic E-state index is 0.0397. The van der Waals surface area contributed by atoms with Crippen LogP contribution in [0, 0.1) is 0 Å². The number of ether oxygens (including phenoxy) is 2. The van der Waals surface area contributed by atoms with E-state index in [-0.39, 0.29) is 12.2 Å². The molecule has 0 spiro atoms. The molecule has 0 bridgehead atoms. The third kappa shape index (κ3) is 5.75. The fourth-order valence-corrected chi connectivity index (χ4v) is 2.44. The van der Waals surface area contributed by atoms with E-state index in [2.05, 4.69) is 6.58 Å². The lowest BCUT2D eigenvalue weighted by Gasteiger charge is -2.28. The smallest absolute Gasteiger partial charge is 0.336 e. The predicted octanol–water partition coefficient (Wildman–Crippen LogP) is 2.96. The van der Waals surface area contributed by atoms with Gasteiger partial charge in [-0.3, -0.25) is 4.79 Å². The van der Waals surface area contributed by atoms with Crippen LogP contribution in [0.3, 0.4) is 0 Å². The second-order valence-electron chi connectivity index (χ2n) is 6.37. The summed E-state index contributed by atoms with van der Waals surface area (Å²) in [6.45, 7) is 8.43. The molecule has 2 N–H and O–H groups in total. The quantitative estimate of drug-likeness (QED) is 0.334. The van der Waals surface area contributed by atoms with Gasteiger partial charge in [-0.1, -0.05) is 19.6 Å². The molecule has 0 fully saturated rings. The van der Waals surface area contributed by atoms with Crippen molar-refractivity contribution in [1.82, 2.24) is 0 Å². The fourth-order valence-electron chi connectivity index (χ4n) is 2.44. The zero-order valence-corrected chi connectivity index (χ0v) is 16.1. The molecule has 0 amide bonds. The average molecular weight is 392 g/mol. The molecule has 1 aromatic rings. The molecule has 2 atom stereocenters. The SMILES string of the molecule is C=CC(=O)OC(C)CCO[C@@](C)(CC)C(=O)c1ccc(C(=O)O)c(C(=O)O)c1. The number of rotatable bonds is 11. The van der Waals surface area contributed by atoms with E-state index in [1.807, 2.05) is 0 Å². The van der Waals surface area contributed by atoms with Crippen molar-refractivity contribution in [2.24, 2.45) is 0 Å². The number of carbonyl (C=O) groups is 4.